The summed E-state index contributed by atoms with van der Waals surface area (Å²) in [5.74, 6) is -0.176. The highest BCUT2D eigenvalue weighted by Crippen LogP contribution is 2.39. The number of nitro groups is 2. The summed E-state index contributed by atoms with van der Waals surface area (Å²) in [6.07, 6.45) is 3.24. The van der Waals surface area contributed by atoms with Crippen molar-refractivity contribution in [2.75, 3.05) is 18.6 Å². The van der Waals surface area contributed by atoms with Gasteiger partial charge in [-0.2, -0.15) is 0 Å². The van der Waals surface area contributed by atoms with Crippen LogP contribution in [0, 0.1) is 38.0 Å². The van der Waals surface area contributed by atoms with Crippen molar-refractivity contribution >= 4 is 28.9 Å². The van der Waals surface area contributed by atoms with E-state index in [1.54, 1.807) is 18.2 Å². The molecule has 0 radical (unpaired) electrons. The predicted molar refractivity (Wildman–Crippen MR) is 207 cm³/mol. The Bertz CT molecular complexity index is 2050. The zero-order valence-corrected chi connectivity index (χ0v) is 31.7. The molecule has 0 spiro atoms. The molecule has 0 aliphatic heterocycles. The van der Waals surface area contributed by atoms with Crippen LogP contribution < -0.4 is 19.7 Å². The number of nitrogens with one attached hydrogen (secondary N) is 1. The number of amides is 1. The van der Waals surface area contributed by atoms with Crippen molar-refractivity contribution in [3.05, 3.63) is 121 Å². The van der Waals surface area contributed by atoms with Crippen LogP contribution in [0.2, 0.25) is 0 Å². The van der Waals surface area contributed by atoms with Crippen molar-refractivity contribution in [2.24, 2.45) is 17.8 Å². The number of phenolic OH excluding ortho intramolecular Hbond substituents is 1. The van der Waals surface area contributed by atoms with Gasteiger partial charge in [0.2, 0.25) is 5.91 Å². The first-order valence-electron chi connectivity index (χ1n) is 18.3. The van der Waals surface area contributed by atoms with E-state index in [2.05, 4.69) is 26.1 Å². The van der Waals surface area contributed by atoms with Gasteiger partial charge in [-0.3, -0.25) is 25.0 Å². The van der Waals surface area contributed by atoms with Crippen molar-refractivity contribution in [1.82, 2.24) is 5.32 Å². The van der Waals surface area contributed by atoms with Gasteiger partial charge in [0.15, 0.2) is 11.5 Å². The molecule has 1 amide bonds. The Morgan fingerprint density at radius 2 is 1.59 bits per heavy atom. The highest BCUT2D eigenvalue weighted by molar-refractivity contribution is 5.92. The minimum atomic E-state index is -1.44. The van der Waals surface area contributed by atoms with Gasteiger partial charge in [-0.25, -0.2) is 4.79 Å². The first-order valence-corrected chi connectivity index (χ1v) is 18.3. The molecule has 0 saturated heterocycles. The number of carboxylic acids is 1. The molecule has 1 aliphatic rings. The monoisotopic (exact) mass is 770 g/mol. The third kappa shape index (κ3) is 10.3. The number of carbonyl (C=O) groups excluding carboxylic acids is 1. The molecule has 0 bridgehead atoms. The van der Waals surface area contributed by atoms with E-state index in [1.165, 1.54) is 37.8 Å². The summed E-state index contributed by atoms with van der Waals surface area (Å²) in [4.78, 5) is 48.5. The lowest BCUT2D eigenvalue weighted by atomic mass is 9.75. The number of non-ortho nitro benzene ring substituents is 2. The number of methoxy groups -OCH3 is 1. The summed E-state index contributed by atoms with van der Waals surface area (Å²) < 4.78 is 17.8. The number of benzene rings is 4. The van der Waals surface area contributed by atoms with Gasteiger partial charge in [-0.1, -0.05) is 51.5 Å². The summed E-state index contributed by atoms with van der Waals surface area (Å²) in [6, 6.07) is 19.3. The second kappa shape index (κ2) is 18.4. The minimum Gasteiger partial charge on any atom is -0.508 e. The standard InChI is InChI=1S/C41H46N4O11/c1-25(2)33-15-8-26(3)18-38(33)55-24-39(47)42-21-27-9-11-30(12-10-27)43(23-29-19-31(44(50)51)13-16-35(29)46)22-28-6-5-7-37(54-4)40(28)56-36-17-14-32(45(52)53)20-34(36)41(48)49/h5-7,9-14,16-17,19-20,25-26,33,38,46H,8,15,18,21-24H2,1-4H3,(H,42,47)(H,48,49). The normalized spacial score (nSPS) is 16.6. The Kier molecular flexibility index (Phi) is 13.5. The summed E-state index contributed by atoms with van der Waals surface area (Å²) in [5.41, 5.74) is 1.11. The zero-order valence-electron chi connectivity index (χ0n) is 31.7. The van der Waals surface area contributed by atoms with Gasteiger partial charge >= 0.3 is 5.97 Å². The number of nitro benzene ring substituents is 2. The van der Waals surface area contributed by atoms with Crippen molar-refractivity contribution in [3.8, 4) is 23.0 Å². The molecule has 5 rings (SSSR count). The molecular weight excluding hydrogens is 724 g/mol. The summed E-state index contributed by atoms with van der Waals surface area (Å²) in [7, 11) is 1.40. The number of phenols is 1. The number of carbonyl (C=O) groups is 2. The van der Waals surface area contributed by atoms with Crippen LogP contribution in [0.3, 0.4) is 0 Å². The summed E-state index contributed by atoms with van der Waals surface area (Å²) in [6.45, 7) is 6.87. The molecule has 0 aromatic heterocycles. The number of aromatic carboxylic acids is 1. The Hall–Kier alpha value is -6.22. The smallest absolute Gasteiger partial charge is 0.339 e. The highest BCUT2D eigenvalue weighted by atomic mass is 16.6. The van der Waals surface area contributed by atoms with E-state index >= 15 is 0 Å². The number of anilines is 1. The number of aromatic hydroxyl groups is 1. The lowest BCUT2D eigenvalue weighted by molar-refractivity contribution is -0.385. The van der Waals surface area contributed by atoms with E-state index < -0.39 is 27.1 Å². The van der Waals surface area contributed by atoms with E-state index in [9.17, 15) is 40.0 Å². The van der Waals surface area contributed by atoms with Crippen LogP contribution in [0.1, 0.15) is 67.1 Å². The molecule has 3 atom stereocenters. The molecule has 1 fully saturated rings. The fraction of sp³-hybridized carbons (Fsp3) is 0.366. The molecule has 1 saturated carbocycles. The van der Waals surface area contributed by atoms with Crippen molar-refractivity contribution < 1.29 is 43.9 Å². The van der Waals surface area contributed by atoms with Crippen LogP contribution >= 0.6 is 0 Å². The van der Waals surface area contributed by atoms with E-state index in [-0.39, 0.29) is 72.5 Å². The molecule has 3 unspecified atom stereocenters. The maximum absolute atomic E-state index is 12.8. The lowest BCUT2D eigenvalue weighted by Crippen LogP contribution is -2.37. The predicted octanol–water partition coefficient (Wildman–Crippen LogP) is 8.01. The number of nitrogens with zero attached hydrogens (tertiary/aromatic N) is 3. The third-order valence-corrected chi connectivity index (χ3v) is 10.1. The third-order valence-electron chi connectivity index (χ3n) is 10.1. The fourth-order valence-electron chi connectivity index (χ4n) is 6.99. The topological polar surface area (TPSA) is 204 Å². The Labute approximate surface area is 324 Å². The Morgan fingerprint density at radius 1 is 0.911 bits per heavy atom. The number of hydrogen-bond donors (Lipinski definition) is 3. The van der Waals surface area contributed by atoms with Gasteiger partial charge in [0.05, 0.1) is 23.1 Å². The summed E-state index contributed by atoms with van der Waals surface area (Å²) >= 11 is 0. The maximum atomic E-state index is 12.8. The van der Waals surface area contributed by atoms with Gasteiger partial charge < -0.3 is 34.6 Å². The first-order chi connectivity index (χ1) is 26.7. The average Bonchev–Trinajstić information content (AvgIpc) is 3.17. The van der Waals surface area contributed by atoms with Crippen molar-refractivity contribution in [2.45, 2.75) is 65.8 Å². The average molecular weight is 771 g/mol. The molecule has 15 heteroatoms. The second-order valence-corrected chi connectivity index (χ2v) is 14.3. The van der Waals surface area contributed by atoms with Crippen LogP contribution in [0.4, 0.5) is 17.1 Å². The molecule has 56 heavy (non-hydrogen) atoms. The first kappa shape index (κ1) is 41.0. The van der Waals surface area contributed by atoms with E-state index in [1.807, 2.05) is 29.2 Å². The van der Waals surface area contributed by atoms with Gasteiger partial charge in [0, 0.05) is 60.7 Å². The maximum Gasteiger partial charge on any atom is 0.339 e. The van der Waals surface area contributed by atoms with E-state index in [0.717, 1.165) is 30.5 Å². The quantitative estimate of drug-likeness (QED) is 0.0690. The minimum absolute atomic E-state index is 0.00729. The zero-order chi connectivity index (χ0) is 40.5. The van der Waals surface area contributed by atoms with Crippen LogP contribution in [0.25, 0.3) is 0 Å². The molecule has 1 aliphatic carbocycles. The molecule has 296 valence electrons. The number of carboxylic acid groups (broad SMARTS) is 1. The van der Waals surface area contributed by atoms with Crippen molar-refractivity contribution in [1.29, 1.82) is 0 Å². The van der Waals surface area contributed by atoms with Crippen LogP contribution in [0.5, 0.6) is 23.0 Å². The number of rotatable bonds is 17. The number of hydrogen-bond acceptors (Lipinski definition) is 11. The lowest BCUT2D eigenvalue weighted by Gasteiger charge is -2.37. The molecule has 4 aromatic rings. The number of para-hydroxylation sites is 1. The van der Waals surface area contributed by atoms with Gasteiger partial charge in [-0.05, 0) is 66.5 Å². The Balaban J connectivity index is 1.39. The number of ether oxygens (including phenoxy) is 3. The largest absolute Gasteiger partial charge is 0.508 e. The second-order valence-electron chi connectivity index (χ2n) is 14.3. The fourth-order valence-corrected chi connectivity index (χ4v) is 6.99. The Morgan fingerprint density at radius 3 is 2.25 bits per heavy atom. The SMILES string of the molecule is COc1cccc(CN(Cc2cc([N+](=O)[O-])ccc2O)c2ccc(CNC(=O)COC3CC(C)CCC3C(C)C)cc2)c1Oc1ccc([N+](=O)[O-])cc1C(=O)O. The molecule has 0 heterocycles. The van der Waals surface area contributed by atoms with E-state index in [4.69, 9.17) is 14.2 Å². The van der Waals surface area contributed by atoms with Crippen LogP contribution in [-0.4, -0.2) is 51.8 Å². The van der Waals surface area contributed by atoms with Crippen LogP contribution in [-0.2, 0) is 29.2 Å². The van der Waals surface area contributed by atoms with Gasteiger partial charge in [0.1, 0.15) is 23.7 Å². The molecule has 3 N–H and O–H groups in total. The molecule has 4 aromatic carbocycles. The molecule has 15 nitrogen and oxygen atoms in total. The van der Waals surface area contributed by atoms with Gasteiger partial charge in [-0.15, -0.1) is 0 Å². The van der Waals surface area contributed by atoms with E-state index in [0.29, 0.717) is 29.0 Å². The highest BCUT2D eigenvalue weighted by Gasteiger charge is 2.32. The van der Waals surface area contributed by atoms with Crippen molar-refractivity contribution in [3.63, 3.8) is 0 Å². The van der Waals surface area contributed by atoms with Crippen LogP contribution in [0.15, 0.2) is 78.9 Å². The summed E-state index contributed by atoms with van der Waals surface area (Å²) in [5, 5.41) is 46.5. The molecular formula is C41H46N4O11. The van der Waals surface area contributed by atoms with Gasteiger partial charge in [0.25, 0.3) is 11.4 Å².